The van der Waals surface area contributed by atoms with Crippen LogP contribution in [-0.4, -0.2) is 123 Å². The molecule has 4 atom stereocenters. The van der Waals surface area contributed by atoms with E-state index in [0.29, 0.717) is 10.3 Å². The van der Waals surface area contributed by atoms with Gasteiger partial charge in [-0.3, -0.25) is 53.1 Å². The smallest absolute Gasteiger partial charge is 0.399 e. The van der Waals surface area contributed by atoms with Crippen molar-refractivity contribution >= 4 is 76.3 Å². The average molecular weight is 1090 g/mol. The topological polar surface area (TPSA) is 258 Å². The van der Waals surface area contributed by atoms with Gasteiger partial charge in [-0.2, -0.15) is 8.78 Å². The quantitative estimate of drug-likeness (QED) is 0.0642. The van der Waals surface area contributed by atoms with Gasteiger partial charge in [-0.1, -0.05) is 81.1 Å². The number of rotatable bonds is 12. The van der Waals surface area contributed by atoms with Crippen LogP contribution >= 0.6 is 18.9 Å². The molecule has 4 aliphatic heterocycles. The number of hydrogen-bond acceptors (Lipinski definition) is 12. The molecule has 5 N–H and O–H groups in total. The number of benzene rings is 4. The van der Waals surface area contributed by atoms with Gasteiger partial charge in [0.05, 0.1) is 35.7 Å². The van der Waals surface area contributed by atoms with Crippen LogP contribution in [0.5, 0.6) is 5.75 Å². The average Bonchev–Trinajstić information content (AvgIpc) is 4.03. The molecule has 0 spiro atoms. The van der Waals surface area contributed by atoms with Crippen LogP contribution < -0.4 is 20.7 Å². The molecule has 23 heteroatoms. The molecule has 5 aromatic rings. The van der Waals surface area contributed by atoms with Gasteiger partial charge in [-0.15, -0.1) is 11.3 Å². The molecule has 2 saturated heterocycles. The molecule has 2 unspecified atom stereocenters. The number of fused-ring (bicyclic) bond motifs is 3. The van der Waals surface area contributed by atoms with Crippen molar-refractivity contribution in [2.45, 2.75) is 76.5 Å². The zero-order chi connectivity index (χ0) is 55.1. The van der Waals surface area contributed by atoms with Crippen LogP contribution in [0.4, 0.5) is 8.78 Å². The first kappa shape index (κ1) is 54.1. The van der Waals surface area contributed by atoms with Crippen molar-refractivity contribution in [3.63, 3.8) is 0 Å². The van der Waals surface area contributed by atoms with E-state index in [1.54, 1.807) is 43.9 Å². The van der Waals surface area contributed by atoms with Gasteiger partial charge in [-0.25, -0.2) is 0 Å². The Bertz CT molecular complexity index is 3380. The molecule has 1 aromatic heterocycles. The monoisotopic (exact) mass is 1090 g/mol. The summed E-state index contributed by atoms with van der Waals surface area (Å²) in [5, 5.41) is 7.73. The summed E-state index contributed by atoms with van der Waals surface area (Å²) in [6.45, 7) is 5.16. The van der Waals surface area contributed by atoms with Gasteiger partial charge < -0.3 is 39.7 Å². The van der Waals surface area contributed by atoms with Gasteiger partial charge in [0.1, 0.15) is 30.0 Å². The second-order valence-electron chi connectivity index (χ2n) is 19.9. The molecule has 2 fully saturated rings. The number of hydrogen-bond donors (Lipinski definition) is 5. The maximum absolute atomic E-state index is 15.1. The third-order valence-corrected chi connectivity index (χ3v) is 15.8. The lowest BCUT2D eigenvalue weighted by Gasteiger charge is -2.43. The van der Waals surface area contributed by atoms with Gasteiger partial charge in [0.25, 0.3) is 23.6 Å². The van der Waals surface area contributed by atoms with Crippen LogP contribution in [0.15, 0.2) is 91.0 Å². The number of piperidine rings is 1. The van der Waals surface area contributed by atoms with E-state index in [2.05, 4.69) is 27.8 Å². The number of nitrogens with one attached hydrogen (secondary N) is 3. The van der Waals surface area contributed by atoms with Crippen LogP contribution in [0.3, 0.4) is 0 Å². The maximum Gasteiger partial charge on any atom is 0.399 e. The molecule has 0 aliphatic carbocycles. The van der Waals surface area contributed by atoms with Gasteiger partial charge >= 0.3 is 13.3 Å². The van der Waals surface area contributed by atoms with Gasteiger partial charge in [-0.05, 0) is 76.4 Å². The van der Waals surface area contributed by atoms with Crippen molar-refractivity contribution < 1.29 is 71.0 Å². The first-order valence-corrected chi connectivity index (χ1v) is 26.8. The molecule has 19 nitrogen and oxygen atoms in total. The molecule has 4 aliphatic rings. The Balaban J connectivity index is 0.906. The fourth-order valence-electron chi connectivity index (χ4n) is 9.66. The lowest BCUT2D eigenvalue weighted by Crippen LogP contribution is -2.61. The van der Waals surface area contributed by atoms with Gasteiger partial charge in [0.2, 0.25) is 23.6 Å². The van der Waals surface area contributed by atoms with E-state index in [1.165, 1.54) is 35.2 Å². The van der Waals surface area contributed by atoms with E-state index < -0.39 is 96.4 Å². The number of morpholine rings is 1. The van der Waals surface area contributed by atoms with E-state index in [9.17, 15) is 56.7 Å². The number of carbonyl (C=O) groups excluding carboxylic acids is 8. The zero-order valence-electron chi connectivity index (χ0n) is 41.7. The minimum Gasteiger partial charge on any atom is -0.484 e. The van der Waals surface area contributed by atoms with Crippen molar-refractivity contribution in [2.75, 3.05) is 32.8 Å². The van der Waals surface area contributed by atoms with E-state index in [1.807, 2.05) is 30.3 Å². The molecule has 77 heavy (non-hydrogen) atoms. The summed E-state index contributed by atoms with van der Waals surface area (Å²) in [4.78, 5) is 130. The van der Waals surface area contributed by atoms with Gasteiger partial charge in [0, 0.05) is 41.8 Å². The summed E-state index contributed by atoms with van der Waals surface area (Å²) in [5.74, 6) is 0.985. The maximum atomic E-state index is 15.1. The summed E-state index contributed by atoms with van der Waals surface area (Å²) in [7, 11) is -5.88. The minimum atomic E-state index is -5.88. The Labute approximate surface area is 443 Å². The van der Waals surface area contributed by atoms with Crippen LogP contribution in [0.25, 0.3) is 10.1 Å². The van der Waals surface area contributed by atoms with Crippen molar-refractivity contribution in [2.24, 2.45) is 5.41 Å². The largest absolute Gasteiger partial charge is 0.484 e. The van der Waals surface area contributed by atoms with Crippen LogP contribution in [-0.2, 0) is 51.9 Å². The Hall–Kier alpha value is -7.67. The number of ether oxygens (including phenoxy) is 2. The minimum absolute atomic E-state index is 0.00670. The number of carbonyl (C=O) groups is 8. The normalized spacial score (nSPS) is 19.2. The number of alkyl halides is 2. The predicted molar refractivity (Wildman–Crippen MR) is 273 cm³/mol. The van der Waals surface area contributed by atoms with E-state index in [4.69, 9.17) is 9.47 Å². The molecule has 0 bridgehead atoms. The van der Waals surface area contributed by atoms with Crippen LogP contribution in [0, 0.1) is 17.3 Å². The number of thiophene rings is 1. The Morgan fingerprint density at radius 3 is 2.44 bits per heavy atom. The highest BCUT2D eigenvalue weighted by Crippen LogP contribution is 2.59. The molecule has 400 valence electrons. The summed E-state index contributed by atoms with van der Waals surface area (Å²) in [5.41, 5.74) is -3.91. The summed E-state index contributed by atoms with van der Waals surface area (Å²) < 4.78 is 53.2. The van der Waals surface area contributed by atoms with Crippen molar-refractivity contribution in [1.82, 2.24) is 30.7 Å². The third kappa shape index (κ3) is 11.1. The highest BCUT2D eigenvalue weighted by atomic mass is 32.1. The molecule has 9 rings (SSSR count). The van der Waals surface area contributed by atoms with Crippen molar-refractivity contribution in [3.05, 3.63) is 135 Å². The number of nitrogens with zero attached hydrogens (tertiary/aromatic N) is 3. The van der Waals surface area contributed by atoms with Gasteiger partial charge in [0.15, 0.2) is 6.61 Å². The molecule has 0 radical (unpaired) electrons. The second kappa shape index (κ2) is 21.4. The van der Waals surface area contributed by atoms with E-state index in [-0.39, 0.29) is 90.7 Å². The lowest BCUT2D eigenvalue weighted by atomic mass is 9.84. The van der Waals surface area contributed by atoms with E-state index in [0.717, 1.165) is 39.5 Å². The Morgan fingerprint density at radius 1 is 0.948 bits per heavy atom. The van der Waals surface area contributed by atoms with E-state index >= 15 is 4.79 Å². The standard InChI is InChI=1S/C54H51F2N6O13PS/c1-53(2,3)46(59-48(66)42-26-33-23-35(15-18-41(33)77-42)54(55,56)76(71,72)73)52(70)61-27-34-24-36(16-14-32(34)25-39(61)50(68)60-21-22-74-40(28-60)30-9-5-4-6-10-30)75-29-44(64)57-20-8-12-31-11-7-13-37-45(31)51(69)62(49(37)67)38-17-19-43(63)58-47(38)65/h4-7,9-11,13-16,18,23-24,26,38-40,46H,17,19-22,25,27-29H2,1-3H3,(H,57,64)(H,59,66)(H,58,63,65)(H2,71,72,73)/t38?,39-,40?,46+/m0/s1. The van der Waals surface area contributed by atoms with Crippen LogP contribution in [0.2, 0.25) is 0 Å². The number of amides is 8. The summed E-state index contributed by atoms with van der Waals surface area (Å²) in [6, 6.07) is 19.8. The highest BCUT2D eigenvalue weighted by Gasteiger charge is 2.51. The third-order valence-electron chi connectivity index (χ3n) is 13.7. The first-order valence-electron chi connectivity index (χ1n) is 24.4. The molecule has 8 amide bonds. The number of halogens is 2. The molecular formula is C54H51F2N6O13PS. The summed E-state index contributed by atoms with van der Waals surface area (Å²) >= 11 is 0.928. The fraction of sp³-hybridized carbons (Fsp3) is 0.333. The Kier molecular flexibility index (Phi) is 15.0. The first-order chi connectivity index (χ1) is 36.5. The lowest BCUT2D eigenvalue weighted by molar-refractivity contribution is -0.153. The molecule has 4 aromatic carbocycles. The number of imide groups is 2. The SMILES string of the molecule is CC(C)(C)[C@H](NC(=O)c1cc2cc(C(F)(F)P(=O)(O)O)ccc2s1)C(=O)N1Cc2cc(OCC(=O)NCC#Cc3cccc4c3C(=O)N(C3CCC(=O)NC3=O)C4=O)ccc2C[C@H]1C(=O)N1CCOC(c2ccccc2)C1. The van der Waals surface area contributed by atoms with Crippen LogP contribution in [0.1, 0.15) is 97.9 Å². The van der Waals surface area contributed by atoms with Crippen molar-refractivity contribution in [3.8, 4) is 17.6 Å². The predicted octanol–water partition coefficient (Wildman–Crippen LogP) is 4.77. The molecule has 5 heterocycles. The zero-order valence-corrected chi connectivity index (χ0v) is 43.4. The second-order valence-corrected chi connectivity index (χ2v) is 22.7. The molecular weight excluding hydrogens is 1040 g/mol. The highest BCUT2D eigenvalue weighted by molar-refractivity contribution is 7.52. The summed E-state index contributed by atoms with van der Waals surface area (Å²) in [6.07, 6.45) is -0.389. The fourth-order valence-corrected chi connectivity index (χ4v) is 11.1. The van der Waals surface area contributed by atoms with Crippen molar-refractivity contribution in [1.29, 1.82) is 0 Å². The Morgan fingerprint density at radius 2 is 1.71 bits per heavy atom. The molecule has 0 saturated carbocycles.